The minimum atomic E-state index is -0.983. The first-order chi connectivity index (χ1) is 22.3. The molecule has 0 saturated heterocycles. The lowest BCUT2D eigenvalue weighted by atomic mass is 10.1. The van der Waals surface area contributed by atoms with Gasteiger partial charge in [0.2, 0.25) is 0 Å². The summed E-state index contributed by atoms with van der Waals surface area (Å²) in [7, 11) is 1.55. The van der Waals surface area contributed by atoms with Gasteiger partial charge in [0.15, 0.2) is 11.5 Å². The number of ether oxygens (including phenoxy) is 3. The zero-order chi connectivity index (χ0) is 35.6. The molecule has 7 nitrogen and oxygen atoms in total. The van der Waals surface area contributed by atoms with E-state index in [4.69, 9.17) is 24.4 Å². The second-order valence-electron chi connectivity index (χ2n) is 11.5. The maximum atomic E-state index is 10.8. The van der Waals surface area contributed by atoms with Crippen LogP contribution in [0.2, 0.25) is 0 Å². The van der Waals surface area contributed by atoms with Crippen LogP contribution in [0.25, 0.3) is 6.08 Å². The average molecular weight is 649 g/mol. The fourth-order valence-corrected chi connectivity index (χ4v) is 3.69. The Kier molecular flexibility index (Phi) is 23.2. The van der Waals surface area contributed by atoms with Crippen molar-refractivity contribution in [3.8, 4) is 17.2 Å². The number of carboxylic acids is 2. The number of allylic oxidation sites excluding steroid dienone is 6. The smallest absolute Gasteiger partial charge is 0.335 e. The largest absolute Gasteiger partial charge is 0.493 e. The molecule has 2 rings (SSSR count). The summed E-state index contributed by atoms with van der Waals surface area (Å²) in [6.07, 6.45) is 16.8. The summed E-state index contributed by atoms with van der Waals surface area (Å²) < 4.78 is 16.4. The van der Waals surface area contributed by atoms with E-state index in [1.165, 1.54) is 34.8 Å². The van der Waals surface area contributed by atoms with Crippen LogP contribution in [0.15, 0.2) is 95.1 Å². The molecule has 0 bridgehead atoms. The predicted octanol–water partition coefficient (Wildman–Crippen LogP) is 10.7. The highest BCUT2D eigenvalue weighted by Gasteiger charge is 2.04. The molecular formula is C40H56O7. The third-order valence-corrected chi connectivity index (χ3v) is 6.24. The Bertz CT molecular complexity index is 1350. The lowest BCUT2D eigenvalue weighted by Crippen LogP contribution is -1.98. The lowest BCUT2D eigenvalue weighted by molar-refractivity contribution is -0.131. The highest BCUT2D eigenvalue weighted by Crippen LogP contribution is 2.28. The molecule has 2 N–H and O–H groups in total. The fraction of sp³-hybridized carbons (Fsp3) is 0.400. The Morgan fingerprint density at radius 2 is 1.26 bits per heavy atom. The number of methoxy groups -OCH3 is 1. The first-order valence-corrected chi connectivity index (χ1v) is 16.1. The molecule has 0 fully saturated rings. The van der Waals surface area contributed by atoms with Gasteiger partial charge in [0, 0.05) is 6.08 Å². The van der Waals surface area contributed by atoms with Crippen molar-refractivity contribution < 1.29 is 34.0 Å². The molecule has 0 aliphatic carbocycles. The van der Waals surface area contributed by atoms with Gasteiger partial charge in [0.05, 0.1) is 12.7 Å². The molecule has 0 atom stereocenters. The molecule has 0 unspecified atom stereocenters. The van der Waals surface area contributed by atoms with Crippen molar-refractivity contribution in [1.29, 1.82) is 0 Å². The third-order valence-electron chi connectivity index (χ3n) is 6.24. The van der Waals surface area contributed by atoms with Crippen LogP contribution in [-0.4, -0.2) is 42.5 Å². The van der Waals surface area contributed by atoms with E-state index in [1.807, 2.05) is 19.9 Å². The minimum absolute atomic E-state index is 0.269. The van der Waals surface area contributed by atoms with Crippen LogP contribution >= 0.6 is 0 Å². The van der Waals surface area contributed by atoms with E-state index in [9.17, 15) is 9.59 Å². The van der Waals surface area contributed by atoms with Crippen LogP contribution in [0.3, 0.4) is 0 Å². The van der Waals surface area contributed by atoms with Crippen LogP contribution in [0, 0.1) is 0 Å². The first kappa shape index (κ1) is 42.5. The standard InChI is InChI=1S/C22H30O3.C15H18O4.C3H8/c1-17(2)7-5-8-18(3)9-6-10-19(4)15-16-25-21-13-11-20(12-14-21)22(23)24;1-11(2)8-9-19-13-6-4-12(5-7-15(16)17)10-14(13)18-3;1-3-2/h7,9,11-15H,5-6,8,10,16H2,1-4H3,(H,23,24);4-8,10H,9H2,1-3H3,(H,16,17);3H2,1-2H3/b18-9+,19-15+;7-5+;. The molecule has 258 valence electrons. The maximum absolute atomic E-state index is 10.8. The Morgan fingerprint density at radius 1 is 0.702 bits per heavy atom. The van der Waals surface area contributed by atoms with Crippen LogP contribution in [-0.2, 0) is 4.79 Å². The van der Waals surface area contributed by atoms with Gasteiger partial charge in [-0.2, -0.15) is 0 Å². The topological polar surface area (TPSA) is 102 Å². The van der Waals surface area contributed by atoms with E-state index < -0.39 is 11.9 Å². The summed E-state index contributed by atoms with van der Waals surface area (Å²) in [5.74, 6) is -0.0134. The number of rotatable bonds is 16. The normalized spacial score (nSPS) is 10.9. The molecule has 0 amide bonds. The number of benzene rings is 2. The van der Waals surface area contributed by atoms with Gasteiger partial charge in [-0.25, -0.2) is 9.59 Å². The van der Waals surface area contributed by atoms with Crippen molar-refractivity contribution >= 4 is 18.0 Å². The number of hydrogen-bond acceptors (Lipinski definition) is 5. The van der Waals surface area contributed by atoms with Crippen molar-refractivity contribution in [1.82, 2.24) is 0 Å². The van der Waals surface area contributed by atoms with Gasteiger partial charge in [0.25, 0.3) is 0 Å². The molecule has 0 aliphatic rings. The SMILES string of the molecule is CC(C)=CCC/C(C)=C/CC/C(C)=C/COc1ccc(C(=O)O)cc1.CCC.COc1cc(/C=C/C(=O)O)ccc1OCC=C(C)C. The second kappa shape index (κ2) is 25.6. The van der Waals surface area contributed by atoms with Crippen LogP contribution < -0.4 is 14.2 Å². The van der Waals surface area contributed by atoms with E-state index in [-0.39, 0.29) is 5.56 Å². The number of hydrogen-bond donors (Lipinski definition) is 2. The molecule has 0 aromatic heterocycles. The van der Waals surface area contributed by atoms with Crippen LogP contribution in [0.5, 0.6) is 17.2 Å². The van der Waals surface area contributed by atoms with E-state index in [0.717, 1.165) is 37.3 Å². The Labute approximate surface area is 283 Å². The van der Waals surface area contributed by atoms with Crippen molar-refractivity contribution in [3.05, 3.63) is 106 Å². The van der Waals surface area contributed by atoms with Crippen LogP contribution in [0.4, 0.5) is 0 Å². The third kappa shape index (κ3) is 22.6. The van der Waals surface area contributed by atoms with Gasteiger partial charge in [-0.1, -0.05) is 60.8 Å². The van der Waals surface area contributed by atoms with Crippen LogP contribution in [0.1, 0.15) is 103 Å². The molecule has 0 aliphatic heterocycles. The highest BCUT2D eigenvalue weighted by atomic mass is 16.5. The van der Waals surface area contributed by atoms with E-state index >= 15 is 0 Å². The van der Waals surface area contributed by atoms with Gasteiger partial charge in [0.1, 0.15) is 19.0 Å². The average Bonchev–Trinajstić information content (AvgIpc) is 3.01. The van der Waals surface area contributed by atoms with Gasteiger partial charge < -0.3 is 24.4 Å². The number of carbonyl (C=O) groups is 2. The highest BCUT2D eigenvalue weighted by molar-refractivity contribution is 5.87. The predicted molar refractivity (Wildman–Crippen MR) is 195 cm³/mol. The van der Waals surface area contributed by atoms with E-state index in [2.05, 4.69) is 59.8 Å². The van der Waals surface area contributed by atoms with Gasteiger partial charge in [-0.15, -0.1) is 0 Å². The van der Waals surface area contributed by atoms with Crippen molar-refractivity contribution in [3.63, 3.8) is 0 Å². The number of aliphatic carboxylic acids is 1. The van der Waals surface area contributed by atoms with Gasteiger partial charge >= 0.3 is 11.9 Å². The number of carboxylic acid groups (broad SMARTS) is 2. The molecule has 2 aromatic carbocycles. The first-order valence-electron chi connectivity index (χ1n) is 16.1. The summed E-state index contributed by atoms with van der Waals surface area (Å²) in [4.78, 5) is 21.2. The molecule has 0 spiro atoms. The van der Waals surface area contributed by atoms with E-state index in [0.29, 0.717) is 30.5 Å². The quantitative estimate of drug-likeness (QED) is 0.138. The zero-order valence-corrected chi connectivity index (χ0v) is 29.9. The monoisotopic (exact) mass is 648 g/mol. The second-order valence-corrected chi connectivity index (χ2v) is 11.5. The number of aromatic carboxylic acids is 1. The molecule has 0 saturated carbocycles. The van der Waals surface area contributed by atoms with Crippen molar-refractivity contribution in [2.45, 2.75) is 87.5 Å². The Hall–Kier alpha value is -4.52. The molecule has 2 aromatic rings. The molecule has 0 heterocycles. The van der Waals surface area contributed by atoms with Crippen molar-refractivity contribution in [2.75, 3.05) is 20.3 Å². The summed E-state index contributed by atoms with van der Waals surface area (Å²) in [6, 6.07) is 11.8. The minimum Gasteiger partial charge on any atom is -0.493 e. The zero-order valence-electron chi connectivity index (χ0n) is 29.9. The summed E-state index contributed by atoms with van der Waals surface area (Å²) in [6.45, 7) is 17.8. The summed E-state index contributed by atoms with van der Waals surface area (Å²) in [5.41, 5.74) is 6.32. The summed E-state index contributed by atoms with van der Waals surface area (Å²) in [5, 5.41) is 17.4. The molecule has 7 heteroatoms. The summed E-state index contributed by atoms with van der Waals surface area (Å²) >= 11 is 0. The molecule has 47 heavy (non-hydrogen) atoms. The lowest BCUT2D eigenvalue weighted by Gasteiger charge is -2.10. The maximum Gasteiger partial charge on any atom is 0.335 e. The van der Waals surface area contributed by atoms with Gasteiger partial charge in [-0.3, -0.25) is 0 Å². The van der Waals surface area contributed by atoms with Gasteiger partial charge in [-0.05, 0) is 127 Å². The van der Waals surface area contributed by atoms with E-state index in [1.54, 1.807) is 49.6 Å². The fourth-order valence-electron chi connectivity index (χ4n) is 3.69. The Morgan fingerprint density at radius 3 is 1.79 bits per heavy atom. The van der Waals surface area contributed by atoms with Crippen molar-refractivity contribution in [2.24, 2.45) is 0 Å². The molecule has 0 radical (unpaired) electrons. The molecular weight excluding hydrogens is 592 g/mol. The Balaban J connectivity index is 0.000000856.